The fourth-order valence-corrected chi connectivity index (χ4v) is 5.13. The Labute approximate surface area is 342 Å². The van der Waals surface area contributed by atoms with Gasteiger partial charge in [-0.1, -0.05) is 34.1 Å². The largest absolute Gasteiger partial charge is 0.481 e. The van der Waals surface area contributed by atoms with Crippen LogP contribution < -0.4 is 54.4 Å². The number of aliphatic imine (C=N–C) groups is 1. The van der Waals surface area contributed by atoms with Crippen molar-refractivity contribution in [2.75, 3.05) is 13.1 Å². The van der Waals surface area contributed by atoms with E-state index in [1.165, 1.54) is 6.92 Å². The van der Waals surface area contributed by atoms with Crippen molar-refractivity contribution in [2.24, 2.45) is 34.0 Å². The van der Waals surface area contributed by atoms with E-state index in [4.69, 9.17) is 17.2 Å². The van der Waals surface area contributed by atoms with Gasteiger partial charge < -0.3 is 74.8 Å². The van der Waals surface area contributed by atoms with Crippen LogP contribution in [0.5, 0.6) is 0 Å². The van der Waals surface area contributed by atoms with Gasteiger partial charge >= 0.3 is 11.9 Å². The second-order valence-corrected chi connectivity index (χ2v) is 14.6. The topological polar surface area (TPSA) is 409 Å². The number of nitrogens with one attached hydrogen (secondary N) is 7. The number of hydrogen-bond acceptors (Lipinski definition) is 13. The number of guanidine groups is 1. The number of aliphatic hydroxyl groups excluding tert-OH is 2. The summed E-state index contributed by atoms with van der Waals surface area (Å²) in [5, 5.41) is 55.3. The van der Waals surface area contributed by atoms with Crippen LogP contribution >= 0.6 is 0 Å². The molecule has 0 aliphatic heterocycles. The molecule has 59 heavy (non-hydrogen) atoms. The smallest absolute Gasteiger partial charge is 0.326 e. The van der Waals surface area contributed by atoms with Crippen LogP contribution in [0.1, 0.15) is 80.6 Å². The molecule has 24 heteroatoms. The Balaban J connectivity index is 5.65. The molecular formula is C35H63N11O13. The zero-order valence-corrected chi connectivity index (χ0v) is 34.4. The molecule has 24 nitrogen and oxygen atoms in total. The van der Waals surface area contributed by atoms with Crippen molar-refractivity contribution < 1.29 is 63.6 Å². The number of hydrogen-bond donors (Lipinski definition) is 14. The lowest BCUT2D eigenvalue weighted by Gasteiger charge is -2.27. The van der Waals surface area contributed by atoms with Gasteiger partial charge in [0.05, 0.1) is 31.2 Å². The Kier molecular flexibility index (Phi) is 23.9. The third-order valence-corrected chi connectivity index (χ3v) is 8.79. The van der Waals surface area contributed by atoms with E-state index in [0.717, 1.165) is 13.8 Å². The number of aliphatic hydroxyl groups is 2. The van der Waals surface area contributed by atoms with Crippen LogP contribution in [0.4, 0.5) is 0 Å². The van der Waals surface area contributed by atoms with Crippen LogP contribution in [0.2, 0.25) is 0 Å². The lowest BCUT2D eigenvalue weighted by Crippen LogP contribution is -2.61. The molecule has 0 aromatic rings. The highest BCUT2D eigenvalue weighted by Gasteiger charge is 2.35. The number of amides is 7. The first-order valence-corrected chi connectivity index (χ1v) is 19.0. The van der Waals surface area contributed by atoms with Gasteiger partial charge in [0.25, 0.3) is 0 Å². The molecule has 10 atom stereocenters. The zero-order chi connectivity index (χ0) is 45.7. The monoisotopic (exact) mass is 845 g/mol. The van der Waals surface area contributed by atoms with Gasteiger partial charge in [0.15, 0.2) is 5.96 Å². The standard InChI is InChI=1S/C35H63N11O13/c1-8-16(4)25(36)31(55)44-22(13-24(50)51)30(54)41-17(5)28(52)43-21(12-15(2)3)29(53)40-14-23(49)45-26(18(6)47)33(57)46-27(19(7)48)32(56)42-20(34(58)59)10-9-11-39-35(37)38/h15-22,25-27,47-48H,8-14,36H2,1-7H3,(H,40,53)(H,41,54)(H,42,56)(H,43,52)(H,44,55)(H,45,49)(H,46,57)(H,50,51)(H,58,59)(H4,37,38,39)/t16-,17-,18+,19+,20-,21-,22-,25-,26-,27-/m0/s1. The Hall–Kier alpha value is -5.62. The molecule has 0 saturated heterocycles. The second-order valence-electron chi connectivity index (χ2n) is 14.6. The van der Waals surface area contributed by atoms with Gasteiger partial charge in [-0.05, 0) is 51.9 Å². The maximum absolute atomic E-state index is 13.2. The molecule has 0 spiro atoms. The average Bonchev–Trinajstić information content (AvgIpc) is 3.13. The van der Waals surface area contributed by atoms with Crippen molar-refractivity contribution >= 4 is 59.2 Å². The van der Waals surface area contributed by atoms with E-state index in [1.54, 1.807) is 27.7 Å². The maximum Gasteiger partial charge on any atom is 0.326 e. The van der Waals surface area contributed by atoms with Crippen molar-refractivity contribution in [1.29, 1.82) is 0 Å². The molecule has 0 fully saturated rings. The SMILES string of the molecule is CC[C@H](C)[C@H](N)C(=O)N[C@@H](CC(=O)O)C(=O)N[C@@H](C)C(=O)N[C@@H](CC(C)C)C(=O)NCC(=O)N[C@H](C(=O)N[C@H](C(=O)N[C@@H](CCCN=C(N)N)C(=O)O)[C@@H](C)O)[C@@H](C)O. The van der Waals surface area contributed by atoms with Crippen LogP contribution in [0.3, 0.4) is 0 Å². The molecule has 0 radical (unpaired) electrons. The van der Waals surface area contributed by atoms with Gasteiger partial charge in [0, 0.05) is 6.54 Å². The summed E-state index contributed by atoms with van der Waals surface area (Å²) in [6, 6.07) is -10.1. The molecule has 7 amide bonds. The number of nitrogens with two attached hydrogens (primary N) is 3. The molecule has 0 saturated carbocycles. The first-order chi connectivity index (χ1) is 27.3. The van der Waals surface area contributed by atoms with E-state index in [9.17, 15) is 63.6 Å². The summed E-state index contributed by atoms with van der Waals surface area (Å²) in [4.78, 5) is 118. The maximum atomic E-state index is 13.2. The molecule has 0 bridgehead atoms. The van der Waals surface area contributed by atoms with Crippen LogP contribution in [0.25, 0.3) is 0 Å². The van der Waals surface area contributed by atoms with Crippen molar-refractivity contribution in [2.45, 2.75) is 135 Å². The summed E-state index contributed by atoms with van der Waals surface area (Å²) in [5.74, 6) is -10.2. The first kappa shape index (κ1) is 53.4. The Morgan fingerprint density at radius 3 is 1.66 bits per heavy atom. The number of carbonyl (C=O) groups excluding carboxylic acids is 7. The molecule has 0 aromatic heterocycles. The molecule has 0 rings (SSSR count). The van der Waals surface area contributed by atoms with Crippen LogP contribution in [-0.4, -0.2) is 147 Å². The van der Waals surface area contributed by atoms with E-state index >= 15 is 0 Å². The summed E-state index contributed by atoms with van der Waals surface area (Å²) in [7, 11) is 0. The fraction of sp³-hybridized carbons (Fsp3) is 0.714. The molecule has 0 aliphatic carbocycles. The van der Waals surface area contributed by atoms with Gasteiger partial charge in [-0.25, -0.2) is 4.79 Å². The number of aliphatic carboxylic acids is 2. The number of carboxylic acid groups (broad SMARTS) is 2. The number of nitrogens with zero attached hydrogens (tertiary/aromatic N) is 1. The van der Waals surface area contributed by atoms with Crippen molar-refractivity contribution in [3.05, 3.63) is 0 Å². The minimum Gasteiger partial charge on any atom is -0.481 e. The summed E-state index contributed by atoms with van der Waals surface area (Å²) >= 11 is 0. The normalized spacial score (nSPS) is 16.1. The van der Waals surface area contributed by atoms with Crippen LogP contribution in [-0.2, 0) is 43.2 Å². The molecule has 0 aromatic carbocycles. The minimum absolute atomic E-state index is 0.0472. The van der Waals surface area contributed by atoms with Crippen molar-refractivity contribution in [3.63, 3.8) is 0 Å². The Bertz CT molecular complexity index is 1500. The lowest BCUT2D eigenvalue weighted by atomic mass is 9.99. The molecule has 0 aliphatic rings. The molecule has 336 valence electrons. The fourth-order valence-electron chi connectivity index (χ4n) is 5.13. The summed E-state index contributed by atoms with van der Waals surface area (Å²) in [6.07, 6.45) is -3.35. The zero-order valence-electron chi connectivity index (χ0n) is 34.4. The summed E-state index contributed by atoms with van der Waals surface area (Å²) in [5.41, 5.74) is 16.4. The van der Waals surface area contributed by atoms with Crippen molar-refractivity contribution in [1.82, 2.24) is 37.2 Å². The van der Waals surface area contributed by atoms with E-state index in [2.05, 4.69) is 42.2 Å². The number of carbonyl (C=O) groups is 9. The van der Waals surface area contributed by atoms with Gasteiger partial charge in [-0.3, -0.25) is 43.3 Å². The summed E-state index contributed by atoms with van der Waals surface area (Å²) < 4.78 is 0. The lowest BCUT2D eigenvalue weighted by molar-refractivity contribution is -0.143. The Morgan fingerprint density at radius 1 is 0.644 bits per heavy atom. The van der Waals surface area contributed by atoms with E-state index in [-0.39, 0.29) is 43.6 Å². The summed E-state index contributed by atoms with van der Waals surface area (Å²) in [6.45, 7) is 9.77. The van der Waals surface area contributed by atoms with E-state index < -0.39 is 121 Å². The highest BCUT2D eigenvalue weighted by molar-refractivity contribution is 5.97. The van der Waals surface area contributed by atoms with Crippen LogP contribution in [0.15, 0.2) is 4.99 Å². The third-order valence-electron chi connectivity index (χ3n) is 8.79. The second kappa shape index (κ2) is 26.4. The first-order valence-electron chi connectivity index (χ1n) is 19.0. The molecular weight excluding hydrogens is 782 g/mol. The quantitative estimate of drug-likeness (QED) is 0.0209. The van der Waals surface area contributed by atoms with Gasteiger partial charge in [-0.15, -0.1) is 0 Å². The van der Waals surface area contributed by atoms with Crippen LogP contribution in [0, 0.1) is 11.8 Å². The van der Waals surface area contributed by atoms with E-state index in [0.29, 0.717) is 6.42 Å². The van der Waals surface area contributed by atoms with Gasteiger partial charge in [-0.2, -0.15) is 0 Å². The van der Waals surface area contributed by atoms with Gasteiger partial charge in [0.1, 0.15) is 36.3 Å². The Morgan fingerprint density at radius 2 is 1.17 bits per heavy atom. The number of carboxylic acids is 2. The van der Waals surface area contributed by atoms with Crippen molar-refractivity contribution in [3.8, 4) is 0 Å². The molecule has 0 unspecified atom stereocenters. The predicted octanol–water partition coefficient (Wildman–Crippen LogP) is -5.17. The number of rotatable bonds is 27. The van der Waals surface area contributed by atoms with Gasteiger partial charge in [0.2, 0.25) is 41.4 Å². The predicted molar refractivity (Wildman–Crippen MR) is 210 cm³/mol. The highest BCUT2D eigenvalue weighted by Crippen LogP contribution is 2.08. The molecule has 0 heterocycles. The minimum atomic E-state index is -1.74. The third kappa shape index (κ3) is 20.6. The van der Waals surface area contributed by atoms with E-state index in [1.807, 2.05) is 0 Å². The highest BCUT2D eigenvalue weighted by atomic mass is 16.4. The average molecular weight is 846 g/mol. The molecule has 17 N–H and O–H groups in total.